The molecule has 1 saturated heterocycles. The first kappa shape index (κ1) is 14.9. The van der Waals surface area contributed by atoms with Crippen molar-refractivity contribution in [2.45, 2.75) is 11.7 Å². The Labute approximate surface area is 123 Å². The standard InChI is InChI=1S/C12H11N3O5S/c16-7-2-1-6(3-8(7)17)5-13-15-12-14-11(20)9(21-12)4-10(18)19/h1-3,5,9,16-17H,4H2,(H,18,19)(H,14,15,20)/b13-5+/t9-/m1/s1. The third-order valence-corrected chi connectivity index (χ3v) is 3.56. The van der Waals surface area contributed by atoms with Crippen LogP contribution in [0, 0.1) is 0 Å². The number of amidine groups is 1. The maximum atomic E-state index is 11.4. The molecule has 21 heavy (non-hydrogen) atoms. The summed E-state index contributed by atoms with van der Waals surface area (Å²) in [6.45, 7) is 0. The zero-order valence-electron chi connectivity index (χ0n) is 10.6. The predicted octanol–water partition coefficient (Wildman–Crippen LogP) is 0.494. The molecule has 1 fully saturated rings. The molecular weight excluding hydrogens is 298 g/mol. The van der Waals surface area contributed by atoms with Crippen LogP contribution in [0.3, 0.4) is 0 Å². The van der Waals surface area contributed by atoms with Crippen LogP contribution in [0.4, 0.5) is 0 Å². The second-order valence-electron chi connectivity index (χ2n) is 4.09. The number of aliphatic carboxylic acids is 1. The van der Waals surface area contributed by atoms with E-state index in [0.717, 1.165) is 11.8 Å². The number of hydrogen-bond acceptors (Lipinski definition) is 7. The fourth-order valence-electron chi connectivity index (χ4n) is 1.51. The average Bonchev–Trinajstić information content (AvgIpc) is 2.73. The van der Waals surface area contributed by atoms with Crippen molar-refractivity contribution in [2.24, 2.45) is 10.2 Å². The van der Waals surface area contributed by atoms with E-state index in [1.165, 1.54) is 24.4 Å². The predicted molar refractivity (Wildman–Crippen MR) is 76.6 cm³/mol. The Kier molecular flexibility index (Phi) is 4.43. The van der Waals surface area contributed by atoms with Crippen molar-refractivity contribution in [2.75, 3.05) is 0 Å². The zero-order chi connectivity index (χ0) is 15.4. The van der Waals surface area contributed by atoms with E-state index >= 15 is 0 Å². The number of nitrogens with one attached hydrogen (secondary N) is 1. The van der Waals surface area contributed by atoms with Crippen LogP contribution in [-0.2, 0) is 9.59 Å². The van der Waals surface area contributed by atoms with Gasteiger partial charge in [-0.15, -0.1) is 5.10 Å². The molecule has 0 radical (unpaired) electrons. The number of rotatable bonds is 4. The number of carbonyl (C=O) groups is 2. The highest BCUT2D eigenvalue weighted by molar-refractivity contribution is 8.15. The molecule has 8 nitrogen and oxygen atoms in total. The van der Waals surface area contributed by atoms with E-state index in [9.17, 15) is 14.7 Å². The Hall–Kier alpha value is -2.55. The number of amides is 1. The number of carboxylic acids is 1. The fraction of sp³-hybridized carbons (Fsp3) is 0.167. The quantitative estimate of drug-likeness (QED) is 0.364. The van der Waals surface area contributed by atoms with Gasteiger partial charge in [-0.1, -0.05) is 11.8 Å². The molecule has 9 heteroatoms. The second kappa shape index (κ2) is 6.27. The molecule has 1 aliphatic rings. The number of benzene rings is 1. The molecule has 0 aromatic heterocycles. The van der Waals surface area contributed by atoms with Gasteiger partial charge < -0.3 is 20.6 Å². The maximum absolute atomic E-state index is 11.4. The Morgan fingerprint density at radius 2 is 2.14 bits per heavy atom. The number of hydrogen-bond donors (Lipinski definition) is 4. The van der Waals surface area contributed by atoms with Crippen LogP contribution < -0.4 is 5.32 Å². The van der Waals surface area contributed by atoms with Crippen molar-refractivity contribution >= 4 is 35.0 Å². The third kappa shape index (κ3) is 3.96. The Balaban J connectivity index is 2.01. The maximum Gasteiger partial charge on any atom is 0.305 e. The van der Waals surface area contributed by atoms with Crippen LogP contribution >= 0.6 is 11.8 Å². The minimum atomic E-state index is -1.06. The van der Waals surface area contributed by atoms with E-state index < -0.39 is 17.1 Å². The van der Waals surface area contributed by atoms with Crippen molar-refractivity contribution in [3.63, 3.8) is 0 Å². The summed E-state index contributed by atoms with van der Waals surface area (Å²) in [7, 11) is 0. The van der Waals surface area contributed by atoms with Crippen LogP contribution in [0.1, 0.15) is 12.0 Å². The molecule has 2 rings (SSSR count). The van der Waals surface area contributed by atoms with Crippen molar-refractivity contribution in [1.82, 2.24) is 5.32 Å². The van der Waals surface area contributed by atoms with Crippen LogP contribution in [0.5, 0.6) is 11.5 Å². The lowest BCUT2D eigenvalue weighted by molar-refractivity contribution is -0.138. The molecule has 4 N–H and O–H groups in total. The molecule has 0 spiro atoms. The molecule has 0 saturated carbocycles. The van der Waals surface area contributed by atoms with Gasteiger partial charge in [-0.2, -0.15) is 5.10 Å². The van der Waals surface area contributed by atoms with Gasteiger partial charge >= 0.3 is 5.97 Å². The van der Waals surface area contributed by atoms with Crippen LogP contribution in [0.25, 0.3) is 0 Å². The first-order valence-corrected chi connectivity index (χ1v) is 6.66. The minimum Gasteiger partial charge on any atom is -0.504 e. The molecule has 1 amide bonds. The summed E-state index contributed by atoms with van der Waals surface area (Å²) >= 11 is 0.993. The summed E-state index contributed by atoms with van der Waals surface area (Å²) < 4.78 is 0. The summed E-state index contributed by atoms with van der Waals surface area (Å²) in [5.41, 5.74) is 0.506. The highest BCUT2D eigenvalue weighted by Crippen LogP contribution is 2.24. The summed E-state index contributed by atoms with van der Waals surface area (Å²) in [6.07, 6.45) is 1.04. The monoisotopic (exact) mass is 309 g/mol. The number of nitrogens with zero attached hydrogens (tertiary/aromatic N) is 2. The molecule has 110 valence electrons. The van der Waals surface area contributed by atoms with Gasteiger partial charge in [0.2, 0.25) is 5.91 Å². The van der Waals surface area contributed by atoms with Crippen molar-refractivity contribution < 1.29 is 24.9 Å². The molecule has 1 heterocycles. The molecule has 1 atom stereocenters. The van der Waals surface area contributed by atoms with E-state index in [1.807, 2.05) is 0 Å². The second-order valence-corrected chi connectivity index (χ2v) is 5.28. The average molecular weight is 309 g/mol. The highest BCUT2D eigenvalue weighted by Gasteiger charge is 2.32. The summed E-state index contributed by atoms with van der Waals surface area (Å²) in [4.78, 5) is 22.0. The Morgan fingerprint density at radius 1 is 1.38 bits per heavy atom. The van der Waals surface area contributed by atoms with Gasteiger partial charge in [0.15, 0.2) is 16.7 Å². The molecule has 1 aromatic carbocycles. The highest BCUT2D eigenvalue weighted by atomic mass is 32.2. The SMILES string of the molecule is O=C(O)C[C@H]1S/C(=N\N=C\c2ccc(O)c(O)c2)NC1=O. The largest absolute Gasteiger partial charge is 0.504 e. The van der Waals surface area contributed by atoms with Gasteiger partial charge in [-0.3, -0.25) is 9.59 Å². The van der Waals surface area contributed by atoms with Crippen LogP contribution in [-0.4, -0.2) is 43.8 Å². The van der Waals surface area contributed by atoms with Crippen LogP contribution in [0.2, 0.25) is 0 Å². The first-order valence-electron chi connectivity index (χ1n) is 5.78. The van der Waals surface area contributed by atoms with E-state index in [-0.39, 0.29) is 23.1 Å². The summed E-state index contributed by atoms with van der Waals surface area (Å²) in [5.74, 6) is -2.00. The van der Waals surface area contributed by atoms with Gasteiger partial charge in [-0.25, -0.2) is 0 Å². The summed E-state index contributed by atoms with van der Waals surface area (Å²) in [6, 6.07) is 4.12. The molecule has 0 aliphatic carbocycles. The number of phenols is 2. The molecule has 1 aliphatic heterocycles. The number of carboxylic acid groups (broad SMARTS) is 1. The smallest absolute Gasteiger partial charge is 0.305 e. The fourth-order valence-corrected chi connectivity index (χ4v) is 2.43. The Bertz CT molecular complexity index is 644. The van der Waals surface area contributed by atoms with Gasteiger partial charge in [-0.05, 0) is 23.8 Å². The lowest BCUT2D eigenvalue weighted by Gasteiger charge is -1.98. The Morgan fingerprint density at radius 3 is 2.81 bits per heavy atom. The first-order chi connectivity index (χ1) is 9.95. The summed E-state index contributed by atoms with van der Waals surface area (Å²) in [5, 5.41) is 36.5. The number of thioether (sulfide) groups is 1. The zero-order valence-corrected chi connectivity index (χ0v) is 11.4. The third-order valence-electron chi connectivity index (χ3n) is 2.49. The van der Waals surface area contributed by atoms with E-state index in [2.05, 4.69) is 15.5 Å². The number of phenolic OH excluding ortho intramolecular Hbond substituents is 2. The van der Waals surface area contributed by atoms with Crippen LogP contribution in [0.15, 0.2) is 28.4 Å². The van der Waals surface area contributed by atoms with Crippen molar-refractivity contribution in [3.8, 4) is 11.5 Å². The van der Waals surface area contributed by atoms with Crippen molar-refractivity contribution in [3.05, 3.63) is 23.8 Å². The normalized spacial score (nSPS) is 20.1. The van der Waals surface area contributed by atoms with Gasteiger partial charge in [0.05, 0.1) is 12.6 Å². The molecule has 0 unspecified atom stereocenters. The van der Waals surface area contributed by atoms with E-state index in [4.69, 9.17) is 10.2 Å². The topological polar surface area (TPSA) is 132 Å². The minimum absolute atomic E-state index is 0.213. The van der Waals surface area contributed by atoms with Gasteiger partial charge in [0, 0.05) is 0 Å². The molecular formula is C12H11N3O5S. The lowest BCUT2D eigenvalue weighted by Crippen LogP contribution is -2.26. The lowest BCUT2D eigenvalue weighted by atomic mass is 10.2. The van der Waals surface area contributed by atoms with Gasteiger partial charge in [0.25, 0.3) is 0 Å². The number of aromatic hydroxyl groups is 2. The van der Waals surface area contributed by atoms with Crippen molar-refractivity contribution in [1.29, 1.82) is 0 Å². The molecule has 0 bridgehead atoms. The van der Waals surface area contributed by atoms with Gasteiger partial charge in [0.1, 0.15) is 5.25 Å². The number of carbonyl (C=O) groups excluding carboxylic acids is 1. The van der Waals surface area contributed by atoms with E-state index in [0.29, 0.717) is 5.56 Å². The van der Waals surface area contributed by atoms with E-state index in [1.54, 1.807) is 0 Å². The molecule has 1 aromatic rings.